The summed E-state index contributed by atoms with van der Waals surface area (Å²) in [6, 6.07) is 1.68. The van der Waals surface area contributed by atoms with Gasteiger partial charge in [0.2, 0.25) is 41.4 Å². The smallest absolute Gasteiger partial charge is 0.322 e. The Morgan fingerprint density at radius 2 is 1.35 bits per heavy atom. The highest BCUT2D eigenvalue weighted by Gasteiger charge is 2.32. The minimum atomic E-state index is -1.50. The quantitative estimate of drug-likeness (QED) is 0.0531. The molecule has 0 bridgehead atoms. The van der Waals surface area contributed by atoms with E-state index in [1.807, 2.05) is 12.1 Å². The molecule has 0 aliphatic carbocycles. The van der Waals surface area contributed by atoms with E-state index in [-0.39, 0.29) is 32.2 Å². The van der Waals surface area contributed by atoms with E-state index in [1.165, 1.54) is 0 Å². The van der Waals surface area contributed by atoms with Crippen LogP contribution in [0.3, 0.4) is 0 Å². The number of hydrogen-bond acceptors (Lipinski definition) is 10. The van der Waals surface area contributed by atoms with Gasteiger partial charge in [0.15, 0.2) is 0 Å². The van der Waals surface area contributed by atoms with Gasteiger partial charge >= 0.3 is 5.97 Å². The number of carboxylic acids is 1. The van der Waals surface area contributed by atoms with Crippen LogP contribution in [0.5, 0.6) is 0 Å². The summed E-state index contributed by atoms with van der Waals surface area (Å²) in [6.45, 7) is -0.945. The van der Waals surface area contributed by atoms with Crippen molar-refractivity contribution in [3.8, 4) is 0 Å². The Labute approximate surface area is 281 Å². The first-order valence-corrected chi connectivity index (χ1v) is 15.5. The Balaban J connectivity index is 2.34. The van der Waals surface area contributed by atoms with E-state index >= 15 is 0 Å². The Bertz CT molecular complexity index is 1510. The number of unbranched alkanes of at least 4 members (excludes halogenated alkanes) is 1. The number of nitrogens with two attached hydrogens (primary N) is 4. The molecular weight excluding hydrogens is 644 g/mol. The summed E-state index contributed by atoms with van der Waals surface area (Å²) < 4.78 is 0. The zero-order valence-corrected chi connectivity index (χ0v) is 26.8. The van der Waals surface area contributed by atoms with Crippen LogP contribution < -0.4 is 49.5 Å². The van der Waals surface area contributed by atoms with Crippen molar-refractivity contribution in [3.05, 3.63) is 36.0 Å². The lowest BCUT2D eigenvalue weighted by molar-refractivity contribution is -0.138. The second-order valence-electron chi connectivity index (χ2n) is 11.1. The monoisotopic (exact) mass is 688 g/mol. The van der Waals surface area contributed by atoms with Gasteiger partial charge in [0.1, 0.15) is 30.7 Å². The lowest BCUT2D eigenvalue weighted by atomic mass is 10.0. The summed E-state index contributed by atoms with van der Waals surface area (Å²) in [5.41, 5.74) is 22.8. The molecule has 1 aromatic heterocycles. The Kier molecular flexibility index (Phi) is 16.1. The van der Waals surface area contributed by atoms with Crippen LogP contribution in [-0.2, 0) is 44.8 Å². The predicted octanol–water partition coefficient (Wildman–Crippen LogP) is -3.92. The Morgan fingerprint density at radius 1 is 0.735 bits per heavy atom. The number of aromatic amines is 1. The molecule has 7 amide bonds. The van der Waals surface area contributed by atoms with Gasteiger partial charge in [0.05, 0.1) is 13.0 Å². The van der Waals surface area contributed by atoms with Crippen LogP contribution >= 0.6 is 0 Å². The highest BCUT2D eigenvalue weighted by Crippen LogP contribution is 2.19. The summed E-state index contributed by atoms with van der Waals surface area (Å²) in [5.74, 6) is -7.35. The molecule has 4 atom stereocenters. The molecule has 15 N–H and O–H groups in total. The van der Waals surface area contributed by atoms with Crippen LogP contribution in [0.15, 0.2) is 30.5 Å². The van der Waals surface area contributed by atoms with Crippen LogP contribution in [-0.4, -0.2) is 101 Å². The molecule has 1 heterocycles. The van der Waals surface area contributed by atoms with E-state index < -0.39 is 91.0 Å². The number of nitrogens with one attached hydrogen (secondary N) is 6. The number of hydrogen-bond donors (Lipinski definition) is 11. The van der Waals surface area contributed by atoms with E-state index in [2.05, 4.69) is 31.6 Å². The van der Waals surface area contributed by atoms with E-state index in [0.717, 1.165) is 10.9 Å². The van der Waals surface area contributed by atoms with E-state index in [9.17, 15) is 38.4 Å². The van der Waals surface area contributed by atoms with Crippen molar-refractivity contribution < 1.29 is 43.5 Å². The van der Waals surface area contributed by atoms with Gasteiger partial charge in [-0.25, -0.2) is 0 Å². The summed E-state index contributed by atoms with van der Waals surface area (Å²) in [5, 5.41) is 21.8. The molecule has 2 aromatic rings. The minimum Gasteiger partial charge on any atom is -0.480 e. The van der Waals surface area contributed by atoms with Crippen molar-refractivity contribution in [1.29, 1.82) is 0 Å². The number of amides is 7. The van der Waals surface area contributed by atoms with Gasteiger partial charge in [-0.1, -0.05) is 18.2 Å². The lowest BCUT2D eigenvalue weighted by Crippen LogP contribution is -2.59. The van der Waals surface area contributed by atoms with Crippen LogP contribution in [0.25, 0.3) is 10.9 Å². The SMILES string of the molecule is NCCCC[C@H](NC(=O)[C@H](CCC(N)=O)NC(=O)[C@H](CC(N)=O)NC(=O)CN)C(=O)N[C@@H](Cc1c[nH]c2ccccc12)C(=O)NCC(=O)O. The van der Waals surface area contributed by atoms with Gasteiger partial charge in [-0.2, -0.15) is 0 Å². The van der Waals surface area contributed by atoms with Gasteiger partial charge in [-0.3, -0.25) is 38.4 Å². The van der Waals surface area contributed by atoms with Gasteiger partial charge in [0, 0.05) is 29.9 Å². The van der Waals surface area contributed by atoms with Gasteiger partial charge in [-0.05, 0) is 43.9 Å². The third-order valence-corrected chi connectivity index (χ3v) is 7.28. The lowest BCUT2D eigenvalue weighted by Gasteiger charge is -2.26. The largest absolute Gasteiger partial charge is 0.480 e. The normalized spacial score (nSPS) is 13.3. The van der Waals surface area contributed by atoms with Crippen LogP contribution in [0.4, 0.5) is 0 Å². The molecular formula is C30H44N10O9. The van der Waals surface area contributed by atoms with E-state index in [0.29, 0.717) is 18.4 Å². The highest BCUT2D eigenvalue weighted by atomic mass is 16.4. The number of carbonyl (C=O) groups is 8. The maximum Gasteiger partial charge on any atom is 0.322 e. The van der Waals surface area contributed by atoms with E-state index in [1.54, 1.807) is 18.3 Å². The fourth-order valence-electron chi connectivity index (χ4n) is 4.81. The van der Waals surface area contributed by atoms with Crippen molar-refractivity contribution >= 4 is 58.2 Å². The molecule has 0 spiro atoms. The first-order chi connectivity index (χ1) is 23.2. The molecule has 268 valence electrons. The highest BCUT2D eigenvalue weighted by molar-refractivity contribution is 5.97. The number of aliphatic carboxylic acids is 1. The number of carbonyl (C=O) groups excluding carboxylic acids is 7. The zero-order chi connectivity index (χ0) is 36.5. The minimum absolute atomic E-state index is 0.0403. The summed E-state index contributed by atoms with van der Waals surface area (Å²) in [7, 11) is 0. The average molecular weight is 689 g/mol. The number of fused-ring (bicyclic) bond motifs is 1. The molecule has 0 aliphatic heterocycles. The van der Waals surface area contributed by atoms with Crippen LogP contribution in [0.2, 0.25) is 0 Å². The van der Waals surface area contributed by atoms with Crippen molar-refractivity contribution in [2.45, 2.75) is 69.1 Å². The maximum atomic E-state index is 13.7. The molecule has 2 rings (SSSR count). The first-order valence-electron chi connectivity index (χ1n) is 15.5. The number of H-pyrrole nitrogens is 1. The summed E-state index contributed by atoms with van der Waals surface area (Å²) >= 11 is 0. The molecule has 0 unspecified atom stereocenters. The number of primary amides is 2. The van der Waals surface area contributed by atoms with Crippen molar-refractivity contribution in [2.75, 3.05) is 19.6 Å². The molecule has 19 nitrogen and oxygen atoms in total. The third-order valence-electron chi connectivity index (χ3n) is 7.28. The summed E-state index contributed by atoms with van der Waals surface area (Å²) in [6.07, 6.45) is 1.16. The fourth-order valence-corrected chi connectivity index (χ4v) is 4.81. The molecule has 1 aromatic carbocycles. The molecule has 19 heteroatoms. The van der Waals surface area contributed by atoms with Gasteiger partial charge < -0.3 is 59.6 Å². The van der Waals surface area contributed by atoms with E-state index in [4.69, 9.17) is 28.0 Å². The Morgan fingerprint density at radius 3 is 1.94 bits per heavy atom. The number of rotatable bonds is 22. The number of aromatic nitrogens is 1. The average Bonchev–Trinajstić information content (AvgIpc) is 3.46. The second kappa shape index (κ2) is 20.0. The van der Waals surface area contributed by atoms with Crippen molar-refractivity contribution in [1.82, 2.24) is 31.6 Å². The third kappa shape index (κ3) is 13.6. The van der Waals surface area contributed by atoms with Crippen molar-refractivity contribution in [3.63, 3.8) is 0 Å². The predicted molar refractivity (Wildman–Crippen MR) is 175 cm³/mol. The van der Waals surface area contributed by atoms with Gasteiger partial charge in [-0.15, -0.1) is 0 Å². The number of para-hydroxylation sites is 1. The first kappa shape index (κ1) is 39.6. The molecule has 0 fully saturated rings. The molecule has 0 radical (unpaired) electrons. The van der Waals surface area contributed by atoms with Crippen molar-refractivity contribution in [2.24, 2.45) is 22.9 Å². The van der Waals surface area contributed by atoms with Gasteiger partial charge in [0.25, 0.3) is 0 Å². The second-order valence-corrected chi connectivity index (χ2v) is 11.1. The topological polar surface area (TPSA) is 337 Å². The fraction of sp³-hybridized carbons (Fsp3) is 0.467. The summed E-state index contributed by atoms with van der Waals surface area (Å²) in [4.78, 5) is 103. The molecule has 49 heavy (non-hydrogen) atoms. The molecule has 0 saturated carbocycles. The standard InChI is InChI=1S/C30H44N10O9/c31-10-4-3-7-19(38-29(48)20(8-9-23(33)41)39-30(49)22(12-24(34)42)37-25(43)13-32)28(47)40-21(27(46)36-15-26(44)45)11-16-14-35-18-6-2-1-5-17(16)18/h1-2,5-6,14,19-22,35H,3-4,7-13,15,31-32H2,(H2,33,41)(H2,34,42)(H,36,46)(H,37,43)(H,38,48)(H,39,49)(H,40,47)(H,44,45)/t19-,20-,21-,22-/m0/s1. The Hall–Kier alpha value is -5.56. The molecule has 0 saturated heterocycles. The maximum absolute atomic E-state index is 13.7. The van der Waals surface area contributed by atoms with Crippen LogP contribution in [0, 0.1) is 0 Å². The zero-order valence-electron chi connectivity index (χ0n) is 26.8. The van der Waals surface area contributed by atoms with Crippen LogP contribution in [0.1, 0.15) is 44.1 Å². The molecule has 0 aliphatic rings. The number of carboxylic acid groups (broad SMARTS) is 1. The number of benzene rings is 1.